The fraction of sp³-hybridized carbons (Fsp3) is 0.240. The zero-order valence-corrected chi connectivity index (χ0v) is 20.6. The summed E-state index contributed by atoms with van der Waals surface area (Å²) in [4.78, 5) is 12.1. The molecule has 0 bridgehead atoms. The summed E-state index contributed by atoms with van der Waals surface area (Å²) in [5.74, 6) is 1.00. The first kappa shape index (κ1) is 25.4. The molecule has 0 aliphatic carbocycles. The number of hydrogen-bond donors (Lipinski definition) is 1. The normalized spacial score (nSPS) is 11.0. The number of ether oxygens (including phenoxy) is 2. The summed E-state index contributed by atoms with van der Waals surface area (Å²) in [6.07, 6.45) is 1.84. The van der Waals surface area contributed by atoms with E-state index in [0.717, 1.165) is 17.6 Å². The van der Waals surface area contributed by atoms with Crippen LogP contribution in [0.15, 0.2) is 72.8 Å². The zero-order valence-electron chi connectivity index (χ0n) is 19.0. The first-order valence-corrected chi connectivity index (χ1v) is 12.8. The van der Waals surface area contributed by atoms with Crippen molar-refractivity contribution in [3.8, 4) is 11.5 Å². The zero-order chi connectivity index (χ0) is 24.6. The first-order chi connectivity index (χ1) is 16.3. The molecule has 0 saturated heterocycles. The Balaban J connectivity index is 1.52. The molecule has 3 aromatic rings. The van der Waals surface area contributed by atoms with Crippen molar-refractivity contribution in [2.75, 3.05) is 30.8 Å². The molecule has 0 aromatic heterocycles. The maximum absolute atomic E-state index is 12.4. The largest absolute Gasteiger partial charge is 0.497 e. The Labute approximate surface area is 205 Å². The number of nitrogens with zero attached hydrogens (tertiary/aromatic N) is 1. The summed E-state index contributed by atoms with van der Waals surface area (Å²) < 4.78 is 36.7. The molecular weight excluding hydrogens is 476 g/mol. The van der Waals surface area contributed by atoms with Gasteiger partial charge in [-0.2, -0.15) is 0 Å². The molecule has 9 heteroatoms. The molecule has 180 valence electrons. The van der Waals surface area contributed by atoms with E-state index in [0.29, 0.717) is 35.0 Å². The van der Waals surface area contributed by atoms with E-state index in [1.807, 2.05) is 24.3 Å². The molecule has 7 nitrogen and oxygen atoms in total. The Morgan fingerprint density at radius 3 is 2.24 bits per heavy atom. The second kappa shape index (κ2) is 11.8. The second-order valence-corrected chi connectivity index (χ2v) is 9.91. The predicted molar refractivity (Wildman–Crippen MR) is 134 cm³/mol. The summed E-state index contributed by atoms with van der Waals surface area (Å²) in [6.45, 7) is 0.450. The average Bonchev–Trinajstić information content (AvgIpc) is 2.82. The van der Waals surface area contributed by atoms with E-state index >= 15 is 0 Å². The third-order valence-electron chi connectivity index (χ3n) is 5.06. The van der Waals surface area contributed by atoms with E-state index in [1.165, 1.54) is 4.31 Å². The standard InChI is InChI=1S/C25H27ClN2O5S/c1-32-22-11-7-19(8-12-22)15-16-27-25(29)18-33-23-13-9-21(10-14-23)28(34(2,30)31)17-20-5-3-4-6-24(20)26/h3-14H,15-18H2,1-2H3,(H,27,29). The Morgan fingerprint density at radius 2 is 1.62 bits per heavy atom. The molecule has 0 atom stereocenters. The van der Waals surface area contributed by atoms with Crippen LogP contribution >= 0.6 is 11.6 Å². The highest BCUT2D eigenvalue weighted by molar-refractivity contribution is 7.92. The predicted octanol–water partition coefficient (Wildman–Crippen LogP) is 4.05. The smallest absolute Gasteiger partial charge is 0.257 e. The van der Waals surface area contributed by atoms with Crippen LogP contribution in [0.3, 0.4) is 0 Å². The highest BCUT2D eigenvalue weighted by Gasteiger charge is 2.19. The number of benzene rings is 3. The van der Waals surface area contributed by atoms with Crippen molar-refractivity contribution in [3.63, 3.8) is 0 Å². The molecule has 0 radical (unpaired) electrons. The number of anilines is 1. The lowest BCUT2D eigenvalue weighted by Crippen LogP contribution is -2.30. The van der Waals surface area contributed by atoms with Crippen molar-refractivity contribution >= 4 is 33.2 Å². The van der Waals surface area contributed by atoms with Crippen LogP contribution in [0, 0.1) is 0 Å². The third kappa shape index (κ3) is 7.40. The monoisotopic (exact) mass is 502 g/mol. The molecule has 0 aliphatic rings. The number of amides is 1. The molecule has 0 heterocycles. The Bertz CT molecular complexity index is 1200. The fourth-order valence-corrected chi connectivity index (χ4v) is 4.30. The van der Waals surface area contributed by atoms with Gasteiger partial charge in [0.2, 0.25) is 10.0 Å². The number of rotatable bonds is 11. The highest BCUT2D eigenvalue weighted by atomic mass is 35.5. The number of hydrogen-bond acceptors (Lipinski definition) is 5. The second-order valence-electron chi connectivity index (χ2n) is 7.59. The molecular formula is C25H27ClN2O5S. The maximum atomic E-state index is 12.4. The van der Waals surface area contributed by atoms with Gasteiger partial charge in [0.25, 0.3) is 5.91 Å². The van der Waals surface area contributed by atoms with Gasteiger partial charge in [-0.15, -0.1) is 0 Å². The van der Waals surface area contributed by atoms with Gasteiger partial charge >= 0.3 is 0 Å². The SMILES string of the molecule is COc1ccc(CCNC(=O)COc2ccc(N(Cc3ccccc3Cl)S(C)(=O)=O)cc2)cc1. The number of halogens is 1. The summed E-state index contributed by atoms with van der Waals surface area (Å²) >= 11 is 6.20. The number of carbonyl (C=O) groups excluding carboxylic acids is 1. The summed E-state index contributed by atoms with van der Waals surface area (Å²) in [5.41, 5.74) is 2.25. The average molecular weight is 503 g/mol. The minimum absolute atomic E-state index is 0.106. The lowest BCUT2D eigenvalue weighted by molar-refractivity contribution is -0.123. The highest BCUT2D eigenvalue weighted by Crippen LogP contribution is 2.26. The van der Waals surface area contributed by atoms with E-state index < -0.39 is 10.0 Å². The molecule has 0 saturated carbocycles. The van der Waals surface area contributed by atoms with Crippen molar-refractivity contribution in [2.45, 2.75) is 13.0 Å². The molecule has 1 N–H and O–H groups in total. The van der Waals surface area contributed by atoms with Crippen molar-refractivity contribution < 1.29 is 22.7 Å². The topological polar surface area (TPSA) is 84.9 Å². The molecule has 1 amide bonds. The minimum Gasteiger partial charge on any atom is -0.497 e. The lowest BCUT2D eigenvalue weighted by atomic mass is 10.1. The van der Waals surface area contributed by atoms with Crippen LogP contribution in [-0.4, -0.2) is 40.8 Å². The van der Waals surface area contributed by atoms with Crippen LogP contribution in [-0.2, 0) is 27.8 Å². The number of nitrogens with one attached hydrogen (secondary N) is 1. The molecule has 0 unspecified atom stereocenters. The quantitative estimate of drug-likeness (QED) is 0.427. The van der Waals surface area contributed by atoms with Crippen LogP contribution in [0.4, 0.5) is 5.69 Å². The van der Waals surface area contributed by atoms with Gasteiger partial charge in [-0.1, -0.05) is 41.9 Å². The molecule has 0 fully saturated rings. The van der Waals surface area contributed by atoms with Crippen LogP contribution in [0.2, 0.25) is 5.02 Å². The van der Waals surface area contributed by atoms with Gasteiger partial charge in [-0.3, -0.25) is 9.10 Å². The van der Waals surface area contributed by atoms with Crippen LogP contribution in [0.1, 0.15) is 11.1 Å². The molecule has 3 rings (SSSR count). The van der Waals surface area contributed by atoms with Crippen LogP contribution in [0.5, 0.6) is 11.5 Å². The van der Waals surface area contributed by atoms with Gasteiger partial charge in [0.05, 0.1) is 25.6 Å². The summed E-state index contributed by atoms with van der Waals surface area (Å²) in [7, 11) is -1.93. The van der Waals surface area contributed by atoms with Gasteiger partial charge in [0.15, 0.2) is 6.61 Å². The molecule has 3 aromatic carbocycles. The summed E-state index contributed by atoms with van der Waals surface area (Å²) in [6, 6.07) is 21.3. The number of methoxy groups -OCH3 is 1. The maximum Gasteiger partial charge on any atom is 0.257 e. The number of sulfonamides is 1. The molecule has 0 spiro atoms. The summed E-state index contributed by atoms with van der Waals surface area (Å²) in [5, 5.41) is 3.31. The van der Waals surface area contributed by atoms with Gasteiger partial charge < -0.3 is 14.8 Å². The fourth-order valence-electron chi connectivity index (χ4n) is 3.23. The van der Waals surface area contributed by atoms with Gasteiger partial charge in [0.1, 0.15) is 11.5 Å². The van der Waals surface area contributed by atoms with E-state index in [1.54, 1.807) is 55.6 Å². The molecule has 34 heavy (non-hydrogen) atoms. The minimum atomic E-state index is -3.55. The van der Waals surface area contributed by atoms with Gasteiger partial charge in [0, 0.05) is 11.6 Å². The van der Waals surface area contributed by atoms with Crippen molar-refractivity contribution in [1.29, 1.82) is 0 Å². The van der Waals surface area contributed by atoms with E-state index in [4.69, 9.17) is 21.1 Å². The Morgan fingerprint density at radius 1 is 0.971 bits per heavy atom. The van der Waals surface area contributed by atoms with Crippen molar-refractivity contribution in [2.24, 2.45) is 0 Å². The first-order valence-electron chi connectivity index (χ1n) is 10.6. The van der Waals surface area contributed by atoms with Crippen molar-refractivity contribution in [3.05, 3.63) is 88.9 Å². The van der Waals surface area contributed by atoms with Crippen molar-refractivity contribution in [1.82, 2.24) is 5.32 Å². The van der Waals surface area contributed by atoms with Gasteiger partial charge in [-0.25, -0.2) is 8.42 Å². The van der Waals surface area contributed by atoms with Crippen LogP contribution < -0.4 is 19.1 Å². The third-order valence-corrected chi connectivity index (χ3v) is 6.57. The van der Waals surface area contributed by atoms with Gasteiger partial charge in [-0.05, 0) is 60.0 Å². The van der Waals surface area contributed by atoms with E-state index in [9.17, 15) is 13.2 Å². The van der Waals surface area contributed by atoms with E-state index in [-0.39, 0.29) is 19.1 Å². The molecule has 0 aliphatic heterocycles. The lowest BCUT2D eigenvalue weighted by Gasteiger charge is -2.23. The Kier molecular flexibility index (Phi) is 8.79. The number of carbonyl (C=O) groups is 1. The Hall–Kier alpha value is -3.23. The van der Waals surface area contributed by atoms with Crippen LogP contribution in [0.25, 0.3) is 0 Å². The van der Waals surface area contributed by atoms with E-state index in [2.05, 4.69) is 5.32 Å².